The van der Waals surface area contributed by atoms with Crippen LogP contribution in [0.2, 0.25) is 5.02 Å². The molecule has 3 N–H and O–H groups in total. The monoisotopic (exact) mass is 378 g/mol. The molecule has 1 amide bonds. The van der Waals surface area contributed by atoms with Crippen LogP contribution >= 0.6 is 24.0 Å². The minimum Gasteiger partial charge on any atom is -0.349 e. The Labute approximate surface area is 160 Å². The number of rotatable bonds is 6. The van der Waals surface area contributed by atoms with Gasteiger partial charge < -0.3 is 11.1 Å². The van der Waals surface area contributed by atoms with Gasteiger partial charge in [0.15, 0.2) is 0 Å². The topological polar surface area (TPSA) is 55.1 Å². The fourth-order valence-electron chi connectivity index (χ4n) is 2.98. The van der Waals surface area contributed by atoms with E-state index in [4.69, 9.17) is 17.3 Å². The Morgan fingerprint density at radius 1 is 1.08 bits per heavy atom. The second-order valence-electron chi connectivity index (χ2n) is 6.60. The van der Waals surface area contributed by atoms with E-state index in [-0.39, 0.29) is 36.3 Å². The number of halogens is 2. The van der Waals surface area contributed by atoms with Gasteiger partial charge >= 0.3 is 0 Å². The van der Waals surface area contributed by atoms with Crippen molar-refractivity contribution in [3.63, 3.8) is 0 Å². The molecule has 1 aliphatic carbocycles. The van der Waals surface area contributed by atoms with Crippen molar-refractivity contribution in [3.05, 3.63) is 70.7 Å². The highest BCUT2D eigenvalue weighted by molar-refractivity contribution is 6.30. The Bertz CT molecular complexity index is 687. The molecule has 3 unspecified atom stereocenters. The highest BCUT2D eigenvalue weighted by atomic mass is 35.5. The zero-order chi connectivity index (χ0) is 17.1. The van der Waals surface area contributed by atoms with Crippen LogP contribution in [0.5, 0.6) is 0 Å². The number of hydrogen-bond donors (Lipinski definition) is 2. The van der Waals surface area contributed by atoms with Gasteiger partial charge in [0.25, 0.3) is 0 Å². The van der Waals surface area contributed by atoms with Crippen molar-refractivity contribution in [1.82, 2.24) is 5.32 Å². The summed E-state index contributed by atoms with van der Waals surface area (Å²) >= 11 is 5.97. The molecule has 2 aromatic rings. The molecule has 3 rings (SSSR count). The quantitative estimate of drug-likeness (QED) is 0.767. The van der Waals surface area contributed by atoms with E-state index in [1.165, 1.54) is 0 Å². The average Bonchev–Trinajstić information content (AvgIpc) is 3.45. The van der Waals surface area contributed by atoms with Crippen LogP contribution in [0.25, 0.3) is 0 Å². The molecule has 3 atom stereocenters. The van der Waals surface area contributed by atoms with E-state index in [9.17, 15) is 4.79 Å². The van der Waals surface area contributed by atoms with E-state index in [0.717, 1.165) is 24.0 Å². The van der Waals surface area contributed by atoms with Gasteiger partial charge in [-0.2, -0.15) is 0 Å². The van der Waals surface area contributed by atoms with E-state index >= 15 is 0 Å². The molecule has 0 saturated heterocycles. The number of carbonyl (C=O) groups is 1. The zero-order valence-corrected chi connectivity index (χ0v) is 15.8. The maximum atomic E-state index is 12.7. The van der Waals surface area contributed by atoms with E-state index in [1.54, 1.807) is 0 Å². The first kappa shape index (κ1) is 19.8. The van der Waals surface area contributed by atoms with Gasteiger partial charge in [-0.15, -0.1) is 12.4 Å². The number of nitrogens with two attached hydrogens (primary N) is 1. The van der Waals surface area contributed by atoms with Crippen LogP contribution in [-0.2, 0) is 4.79 Å². The summed E-state index contributed by atoms with van der Waals surface area (Å²) in [6.07, 6.45) is 2.29. The van der Waals surface area contributed by atoms with Gasteiger partial charge in [-0.3, -0.25) is 4.79 Å². The summed E-state index contributed by atoms with van der Waals surface area (Å²) in [5, 5.41) is 3.91. The predicted molar refractivity (Wildman–Crippen MR) is 105 cm³/mol. The van der Waals surface area contributed by atoms with E-state index in [0.29, 0.717) is 10.9 Å². The standard InChI is InChI=1S/C20H23ClN2O.ClH/c1-13(18(22)14-5-3-2-4-6-14)20(24)23-19(15-7-8-15)16-9-11-17(21)12-10-16;/h2-6,9-13,15,18-19H,7-8,22H2,1H3,(H,23,24);1H. The van der Waals surface area contributed by atoms with Gasteiger partial charge in [0.1, 0.15) is 0 Å². The Morgan fingerprint density at radius 2 is 1.68 bits per heavy atom. The second-order valence-corrected chi connectivity index (χ2v) is 7.04. The van der Waals surface area contributed by atoms with Crippen LogP contribution in [0.15, 0.2) is 54.6 Å². The molecule has 2 aromatic carbocycles. The fourth-order valence-corrected chi connectivity index (χ4v) is 3.11. The lowest BCUT2D eigenvalue weighted by Gasteiger charge is -2.24. The van der Waals surface area contributed by atoms with E-state index in [1.807, 2.05) is 61.5 Å². The lowest BCUT2D eigenvalue weighted by Crippen LogP contribution is -2.38. The number of carbonyl (C=O) groups excluding carboxylic acids is 1. The molecular weight excluding hydrogens is 355 g/mol. The molecule has 3 nitrogen and oxygen atoms in total. The Hall–Kier alpha value is -1.55. The first-order valence-electron chi connectivity index (χ1n) is 8.42. The molecule has 0 bridgehead atoms. The maximum Gasteiger partial charge on any atom is 0.225 e. The van der Waals surface area contributed by atoms with Crippen LogP contribution in [0, 0.1) is 11.8 Å². The third kappa shape index (κ3) is 4.97. The first-order valence-corrected chi connectivity index (χ1v) is 8.80. The van der Waals surface area contributed by atoms with Crippen molar-refractivity contribution in [3.8, 4) is 0 Å². The molecular formula is C20H24Cl2N2O. The first-order chi connectivity index (χ1) is 11.6. The van der Waals surface area contributed by atoms with Gasteiger partial charge in [0.2, 0.25) is 5.91 Å². The van der Waals surface area contributed by atoms with Crippen molar-refractivity contribution < 1.29 is 4.79 Å². The molecule has 5 heteroatoms. The third-order valence-corrected chi connectivity index (χ3v) is 5.01. The highest BCUT2D eigenvalue weighted by Crippen LogP contribution is 2.41. The van der Waals surface area contributed by atoms with Gasteiger partial charge in [-0.05, 0) is 42.0 Å². The molecule has 0 spiro atoms. The van der Waals surface area contributed by atoms with Crippen LogP contribution < -0.4 is 11.1 Å². The van der Waals surface area contributed by atoms with Gasteiger partial charge in [0.05, 0.1) is 12.0 Å². The SMILES string of the molecule is CC(C(=O)NC(c1ccc(Cl)cc1)C1CC1)C(N)c1ccccc1.Cl. The smallest absolute Gasteiger partial charge is 0.225 e. The Balaban J connectivity index is 0.00000225. The molecule has 1 fully saturated rings. The third-order valence-electron chi connectivity index (χ3n) is 4.76. The van der Waals surface area contributed by atoms with E-state index in [2.05, 4.69) is 5.32 Å². The molecule has 0 heterocycles. The molecule has 134 valence electrons. The summed E-state index contributed by atoms with van der Waals surface area (Å²) in [5.74, 6) is 0.217. The normalized spacial score (nSPS) is 17.1. The second kappa shape index (κ2) is 8.70. The number of amides is 1. The van der Waals surface area contributed by atoms with Crippen molar-refractivity contribution in [2.45, 2.75) is 31.8 Å². The minimum absolute atomic E-state index is 0. The Kier molecular flexibility index (Phi) is 6.88. The Morgan fingerprint density at radius 3 is 2.24 bits per heavy atom. The maximum absolute atomic E-state index is 12.7. The summed E-state index contributed by atoms with van der Waals surface area (Å²) in [6.45, 7) is 1.89. The number of nitrogens with one attached hydrogen (secondary N) is 1. The van der Waals surface area contributed by atoms with E-state index < -0.39 is 0 Å². The zero-order valence-electron chi connectivity index (χ0n) is 14.2. The molecule has 1 aliphatic rings. The average molecular weight is 379 g/mol. The van der Waals surface area contributed by atoms with Crippen molar-refractivity contribution in [1.29, 1.82) is 0 Å². The van der Waals surface area contributed by atoms with Crippen LogP contribution in [0.3, 0.4) is 0 Å². The summed E-state index contributed by atoms with van der Waals surface area (Å²) < 4.78 is 0. The highest BCUT2D eigenvalue weighted by Gasteiger charge is 2.35. The summed E-state index contributed by atoms with van der Waals surface area (Å²) in [7, 11) is 0. The number of hydrogen-bond acceptors (Lipinski definition) is 2. The lowest BCUT2D eigenvalue weighted by molar-refractivity contribution is -0.126. The minimum atomic E-state index is -0.309. The summed E-state index contributed by atoms with van der Waals surface area (Å²) in [5.41, 5.74) is 8.38. The molecule has 1 saturated carbocycles. The van der Waals surface area contributed by atoms with Crippen molar-refractivity contribution in [2.24, 2.45) is 17.6 Å². The predicted octanol–water partition coefficient (Wildman–Crippen LogP) is 4.67. The molecule has 0 aromatic heterocycles. The van der Waals surface area contributed by atoms with Crippen LogP contribution in [0.1, 0.15) is 43.0 Å². The number of benzene rings is 2. The van der Waals surface area contributed by atoms with Crippen LogP contribution in [0.4, 0.5) is 0 Å². The van der Waals surface area contributed by atoms with Crippen molar-refractivity contribution >= 4 is 29.9 Å². The molecule has 0 aliphatic heterocycles. The fraction of sp³-hybridized carbons (Fsp3) is 0.350. The lowest BCUT2D eigenvalue weighted by atomic mass is 9.93. The van der Waals surface area contributed by atoms with Crippen LogP contribution in [-0.4, -0.2) is 5.91 Å². The summed E-state index contributed by atoms with van der Waals surface area (Å²) in [6, 6.07) is 17.2. The van der Waals surface area contributed by atoms with Gasteiger partial charge in [0, 0.05) is 11.1 Å². The van der Waals surface area contributed by atoms with Gasteiger partial charge in [-0.25, -0.2) is 0 Å². The molecule has 0 radical (unpaired) electrons. The van der Waals surface area contributed by atoms with Crippen molar-refractivity contribution in [2.75, 3.05) is 0 Å². The summed E-state index contributed by atoms with van der Waals surface area (Å²) in [4.78, 5) is 12.7. The van der Waals surface area contributed by atoms with Gasteiger partial charge in [-0.1, -0.05) is 61.0 Å². The largest absolute Gasteiger partial charge is 0.349 e. The molecule has 25 heavy (non-hydrogen) atoms.